The zero-order chi connectivity index (χ0) is 17.9. The fraction of sp³-hybridized carbons (Fsp3) is 0.826. The van der Waals surface area contributed by atoms with Crippen LogP contribution >= 0.6 is 0 Å². The minimum Gasteiger partial charge on any atom is -0.401 e. The van der Waals surface area contributed by atoms with E-state index >= 15 is 0 Å². The lowest BCUT2D eigenvalue weighted by atomic mass is 9.50. The molecule has 0 spiro atoms. The summed E-state index contributed by atoms with van der Waals surface area (Å²) in [7, 11) is -1.66. The Morgan fingerprint density at radius 1 is 1.12 bits per heavy atom. The fourth-order valence-electron chi connectivity index (χ4n) is 7.26. The first-order valence-electron chi connectivity index (χ1n) is 10.7. The highest BCUT2D eigenvalue weighted by molar-refractivity contribution is 6.69. The lowest BCUT2D eigenvalue weighted by Gasteiger charge is -2.56. The molecule has 0 saturated heterocycles. The van der Waals surface area contributed by atoms with Crippen molar-refractivity contribution in [2.45, 2.75) is 90.0 Å². The number of rotatable bonds is 2. The van der Waals surface area contributed by atoms with Crippen LogP contribution in [0.25, 0.3) is 0 Å². The van der Waals surface area contributed by atoms with Crippen LogP contribution in [0.1, 0.15) is 64.7 Å². The van der Waals surface area contributed by atoms with Gasteiger partial charge in [-0.05, 0) is 101 Å². The van der Waals surface area contributed by atoms with Gasteiger partial charge in [0.1, 0.15) is 5.60 Å². The van der Waals surface area contributed by atoms with E-state index in [1.54, 1.807) is 0 Å². The van der Waals surface area contributed by atoms with Gasteiger partial charge in [-0.3, -0.25) is 0 Å². The maximum absolute atomic E-state index is 6.79. The van der Waals surface area contributed by atoms with Crippen LogP contribution in [0.5, 0.6) is 0 Å². The highest BCUT2D eigenvalue weighted by Crippen LogP contribution is 2.66. The summed E-state index contributed by atoms with van der Waals surface area (Å²) in [6, 6.07) is 0. The van der Waals surface area contributed by atoms with Crippen LogP contribution in [0.4, 0.5) is 0 Å². The Labute approximate surface area is 156 Å². The molecule has 0 aromatic heterocycles. The molecule has 4 aliphatic carbocycles. The highest BCUT2D eigenvalue weighted by Gasteiger charge is 2.63. The number of allylic oxidation sites excluding steroid dienone is 2. The average Bonchev–Trinajstić information content (AvgIpc) is 2.86. The van der Waals surface area contributed by atoms with Gasteiger partial charge < -0.3 is 4.43 Å². The Morgan fingerprint density at radius 2 is 1.92 bits per heavy atom. The third-order valence-electron chi connectivity index (χ3n) is 8.21. The third kappa shape index (κ3) is 2.69. The molecule has 0 aliphatic heterocycles. The first-order valence-corrected chi connectivity index (χ1v) is 14.1. The molecule has 0 bridgehead atoms. The van der Waals surface area contributed by atoms with E-state index in [0.29, 0.717) is 0 Å². The van der Waals surface area contributed by atoms with Crippen molar-refractivity contribution in [2.24, 2.45) is 29.1 Å². The zero-order valence-corrected chi connectivity index (χ0v) is 17.7. The highest BCUT2D eigenvalue weighted by atomic mass is 28.4. The van der Waals surface area contributed by atoms with Gasteiger partial charge >= 0.3 is 0 Å². The van der Waals surface area contributed by atoms with E-state index in [1.165, 1.54) is 51.4 Å². The van der Waals surface area contributed by atoms with Crippen molar-refractivity contribution < 1.29 is 4.43 Å². The molecule has 0 aromatic rings. The van der Waals surface area contributed by atoms with Crippen LogP contribution in [0.3, 0.4) is 0 Å². The Hall–Kier alpha value is -0.523. The smallest absolute Gasteiger partial charge is 0.185 e. The van der Waals surface area contributed by atoms with Crippen molar-refractivity contribution in [3.63, 3.8) is 0 Å². The lowest BCUT2D eigenvalue weighted by molar-refractivity contribution is -0.0771. The molecule has 0 amide bonds. The molecule has 1 nitrogen and oxygen atoms in total. The predicted octanol–water partition coefficient (Wildman–Crippen LogP) is 6.17. The number of hydrogen-bond donors (Lipinski definition) is 0. The van der Waals surface area contributed by atoms with Crippen molar-refractivity contribution in [1.82, 2.24) is 0 Å². The summed E-state index contributed by atoms with van der Waals surface area (Å²) in [6.07, 6.45) is 20.7. The molecule has 2 heteroatoms. The Morgan fingerprint density at radius 3 is 2.64 bits per heavy atom. The van der Waals surface area contributed by atoms with Crippen molar-refractivity contribution in [3.05, 3.63) is 11.6 Å². The van der Waals surface area contributed by atoms with E-state index in [1.807, 2.05) is 5.57 Å². The van der Waals surface area contributed by atoms with E-state index in [-0.39, 0.29) is 11.0 Å². The zero-order valence-electron chi connectivity index (χ0n) is 16.7. The normalized spacial score (nSPS) is 46.4. The van der Waals surface area contributed by atoms with Gasteiger partial charge in [0.25, 0.3) is 0 Å². The van der Waals surface area contributed by atoms with Gasteiger partial charge in [0, 0.05) is 5.41 Å². The van der Waals surface area contributed by atoms with Crippen LogP contribution in [-0.2, 0) is 4.43 Å². The number of hydrogen-bond acceptors (Lipinski definition) is 1. The molecule has 0 N–H and O–H groups in total. The lowest BCUT2D eigenvalue weighted by Crippen LogP contribution is -2.55. The Balaban J connectivity index is 1.64. The van der Waals surface area contributed by atoms with Crippen molar-refractivity contribution >= 4 is 8.32 Å². The summed E-state index contributed by atoms with van der Waals surface area (Å²) in [5.41, 5.74) is 1.71. The molecule has 3 fully saturated rings. The number of fused-ring (bicyclic) bond motifs is 5. The molecule has 4 aliphatic rings. The van der Waals surface area contributed by atoms with Gasteiger partial charge in [0.2, 0.25) is 0 Å². The van der Waals surface area contributed by atoms with Gasteiger partial charge in [0.05, 0.1) is 0 Å². The molecule has 3 saturated carbocycles. The summed E-state index contributed by atoms with van der Waals surface area (Å²) < 4.78 is 6.79. The molecule has 25 heavy (non-hydrogen) atoms. The molecular formula is C23H36OSi. The molecule has 0 heterocycles. The minimum atomic E-state index is -1.66. The summed E-state index contributed by atoms with van der Waals surface area (Å²) in [4.78, 5) is 0. The van der Waals surface area contributed by atoms with Crippen molar-refractivity contribution in [1.29, 1.82) is 0 Å². The van der Waals surface area contributed by atoms with Gasteiger partial charge in [0.15, 0.2) is 8.32 Å². The molecule has 0 radical (unpaired) electrons. The predicted molar refractivity (Wildman–Crippen MR) is 108 cm³/mol. The van der Waals surface area contributed by atoms with Gasteiger partial charge in [-0.15, -0.1) is 6.42 Å². The molecular weight excluding hydrogens is 320 g/mol. The second kappa shape index (κ2) is 6.00. The molecule has 4 rings (SSSR count). The topological polar surface area (TPSA) is 9.23 Å². The first kappa shape index (κ1) is 17.9. The molecule has 138 valence electrons. The fourth-order valence-corrected chi connectivity index (χ4v) is 8.70. The first-order chi connectivity index (χ1) is 11.8. The monoisotopic (exact) mass is 356 g/mol. The quantitative estimate of drug-likeness (QED) is 0.326. The van der Waals surface area contributed by atoms with E-state index in [9.17, 15) is 0 Å². The maximum atomic E-state index is 6.79. The van der Waals surface area contributed by atoms with Crippen LogP contribution in [0.2, 0.25) is 19.6 Å². The van der Waals surface area contributed by atoms with E-state index in [4.69, 9.17) is 10.8 Å². The van der Waals surface area contributed by atoms with E-state index in [2.05, 4.69) is 38.6 Å². The second-order valence-electron chi connectivity index (χ2n) is 10.5. The standard InChI is InChI=1S/C23H36OSi/c1-6-23(24-25(3,4)5)16-14-21-20-12-11-17-9-7-8-10-18(17)19(20)13-15-22(21,23)2/h1,9,18-21H,7-8,10-16H2,2-5H3. The molecule has 0 aromatic carbocycles. The van der Waals surface area contributed by atoms with E-state index in [0.717, 1.165) is 30.1 Å². The average molecular weight is 357 g/mol. The van der Waals surface area contributed by atoms with Crippen LogP contribution in [-0.4, -0.2) is 13.9 Å². The van der Waals surface area contributed by atoms with E-state index < -0.39 is 8.32 Å². The Kier molecular flexibility index (Phi) is 4.29. The Bertz CT molecular complexity index is 609. The minimum absolute atomic E-state index is 0.194. The van der Waals surface area contributed by atoms with Crippen molar-refractivity contribution in [2.75, 3.05) is 0 Å². The summed E-state index contributed by atoms with van der Waals surface area (Å²) in [6.45, 7) is 9.39. The van der Waals surface area contributed by atoms with Crippen LogP contribution in [0, 0.1) is 41.4 Å². The van der Waals surface area contributed by atoms with Gasteiger partial charge in [-0.25, -0.2) is 0 Å². The van der Waals surface area contributed by atoms with Crippen LogP contribution < -0.4 is 0 Å². The summed E-state index contributed by atoms with van der Waals surface area (Å²) >= 11 is 0. The van der Waals surface area contributed by atoms with Gasteiger partial charge in [-0.1, -0.05) is 24.5 Å². The number of terminal acetylenes is 1. The summed E-state index contributed by atoms with van der Waals surface area (Å²) in [5.74, 6) is 6.72. The second-order valence-corrected chi connectivity index (χ2v) is 14.9. The molecule has 6 unspecified atom stereocenters. The summed E-state index contributed by atoms with van der Waals surface area (Å²) in [5, 5.41) is 0. The molecule has 6 atom stereocenters. The third-order valence-corrected chi connectivity index (χ3v) is 9.17. The maximum Gasteiger partial charge on any atom is 0.185 e. The SMILES string of the molecule is C#CC1(O[Si](C)(C)C)CCC2C3CCC4=CCCCC4C3CCC21C. The largest absolute Gasteiger partial charge is 0.401 e. The van der Waals surface area contributed by atoms with Gasteiger partial charge in [-0.2, -0.15) is 0 Å². The van der Waals surface area contributed by atoms with Crippen LogP contribution in [0.15, 0.2) is 11.6 Å². The van der Waals surface area contributed by atoms with Crippen molar-refractivity contribution in [3.8, 4) is 12.3 Å².